The molecule has 9 nitrogen and oxygen atoms in total. The van der Waals surface area contributed by atoms with Crippen LogP contribution in [0.3, 0.4) is 0 Å². The molecule has 0 bridgehead atoms. The zero-order chi connectivity index (χ0) is 13.0. The number of fused-ring (bicyclic) bond motifs is 1. The van der Waals surface area contributed by atoms with Crippen LogP contribution in [0.2, 0.25) is 0 Å². The van der Waals surface area contributed by atoms with Crippen molar-refractivity contribution in [3.63, 3.8) is 0 Å². The van der Waals surface area contributed by atoms with E-state index in [2.05, 4.69) is 36.1 Å². The van der Waals surface area contributed by atoms with E-state index < -0.39 is 6.03 Å². The van der Waals surface area contributed by atoms with E-state index in [1.807, 2.05) is 0 Å². The Kier molecular flexibility index (Phi) is 3.41. The lowest BCUT2D eigenvalue weighted by Gasteiger charge is -2.08. The summed E-state index contributed by atoms with van der Waals surface area (Å²) in [6.45, 7) is 0.914. The maximum atomic E-state index is 10.5. The number of anilines is 2. The van der Waals surface area contributed by atoms with Crippen LogP contribution in [-0.2, 0) is 0 Å². The number of nitrogens with one attached hydrogen (secondary N) is 4. The average Bonchev–Trinajstić information content (AvgIpc) is 2.82. The third-order valence-electron chi connectivity index (χ3n) is 2.25. The normalized spacial score (nSPS) is 10.3. The molecular weight excluding hydrogens is 236 g/mol. The highest BCUT2D eigenvalue weighted by Crippen LogP contribution is 2.19. The fourth-order valence-electron chi connectivity index (χ4n) is 1.45. The van der Waals surface area contributed by atoms with Crippen molar-refractivity contribution in [2.24, 2.45) is 5.73 Å². The van der Waals surface area contributed by atoms with Gasteiger partial charge in [-0.3, -0.25) is 5.10 Å². The lowest BCUT2D eigenvalue weighted by atomic mass is 10.4. The number of aromatic amines is 1. The fourth-order valence-corrected chi connectivity index (χ4v) is 1.45. The predicted octanol–water partition coefficient (Wildman–Crippen LogP) is -0.525. The smallest absolute Gasteiger partial charge is 0.312 e. The summed E-state index contributed by atoms with van der Waals surface area (Å²) in [6, 6.07) is -0.552. The van der Waals surface area contributed by atoms with E-state index >= 15 is 0 Å². The molecule has 0 aliphatic rings. The molecule has 0 aliphatic carbocycles. The van der Waals surface area contributed by atoms with Crippen molar-refractivity contribution in [1.29, 1.82) is 0 Å². The number of carbonyl (C=O) groups is 1. The van der Waals surface area contributed by atoms with E-state index in [0.717, 1.165) is 5.39 Å². The monoisotopic (exact) mass is 250 g/mol. The summed E-state index contributed by atoms with van der Waals surface area (Å²) in [5, 5.41) is 15.9. The second-order valence-electron chi connectivity index (χ2n) is 3.50. The number of rotatable bonds is 5. The number of carbonyl (C=O) groups excluding carboxylic acids is 1. The second kappa shape index (κ2) is 5.17. The lowest BCUT2D eigenvalue weighted by molar-refractivity contribution is 0.249. The molecule has 2 heterocycles. The van der Waals surface area contributed by atoms with Gasteiger partial charge in [0.05, 0.1) is 11.6 Å². The largest absolute Gasteiger partial charge is 0.368 e. The summed E-state index contributed by atoms with van der Waals surface area (Å²) in [7, 11) is 1.73. The van der Waals surface area contributed by atoms with E-state index in [9.17, 15) is 4.79 Å². The minimum absolute atomic E-state index is 0.410. The van der Waals surface area contributed by atoms with Crippen LogP contribution in [0, 0.1) is 0 Å². The van der Waals surface area contributed by atoms with Crippen molar-refractivity contribution in [3.8, 4) is 0 Å². The first kappa shape index (κ1) is 11.9. The highest BCUT2D eigenvalue weighted by Gasteiger charge is 2.08. The quantitative estimate of drug-likeness (QED) is 0.453. The third-order valence-corrected chi connectivity index (χ3v) is 2.25. The molecule has 0 radical (unpaired) electrons. The number of H-pyrrole nitrogens is 1. The Hall–Kier alpha value is -2.58. The summed E-state index contributed by atoms with van der Waals surface area (Å²) >= 11 is 0. The molecule has 2 aromatic heterocycles. The minimum Gasteiger partial charge on any atom is -0.368 e. The van der Waals surface area contributed by atoms with Gasteiger partial charge in [0.25, 0.3) is 0 Å². The number of nitrogens with two attached hydrogens (primary N) is 1. The third kappa shape index (κ3) is 2.56. The van der Waals surface area contributed by atoms with Crippen LogP contribution in [-0.4, -0.2) is 46.3 Å². The van der Waals surface area contributed by atoms with Gasteiger partial charge in [-0.25, -0.2) is 4.79 Å². The van der Waals surface area contributed by atoms with Crippen molar-refractivity contribution < 1.29 is 4.79 Å². The van der Waals surface area contributed by atoms with Gasteiger partial charge in [-0.1, -0.05) is 0 Å². The maximum absolute atomic E-state index is 10.5. The molecular formula is C9H14N8O. The Morgan fingerprint density at radius 3 is 3.00 bits per heavy atom. The van der Waals surface area contributed by atoms with Gasteiger partial charge < -0.3 is 21.7 Å². The first-order valence-electron chi connectivity index (χ1n) is 5.36. The average molecular weight is 250 g/mol. The first-order valence-corrected chi connectivity index (χ1v) is 5.36. The maximum Gasteiger partial charge on any atom is 0.312 e. The molecule has 0 atom stereocenters. The number of primary amides is 1. The summed E-state index contributed by atoms with van der Waals surface area (Å²) < 4.78 is 0. The Balaban J connectivity index is 2.10. The molecule has 0 unspecified atom stereocenters. The molecule has 9 heteroatoms. The standard InChI is InChI=1S/C9H14N8O/c1-11-9-15-6(12-2-3-13-8(10)18)5-4-14-17-7(5)16-9/h4H,2-3H2,1H3,(H3,10,13,18)(H3,11,12,14,15,16,17). The van der Waals surface area contributed by atoms with Gasteiger partial charge in [0.2, 0.25) is 5.95 Å². The van der Waals surface area contributed by atoms with Crippen molar-refractivity contribution in [2.75, 3.05) is 30.8 Å². The van der Waals surface area contributed by atoms with Crippen LogP contribution in [0.4, 0.5) is 16.6 Å². The molecule has 2 amide bonds. The van der Waals surface area contributed by atoms with Gasteiger partial charge in [0, 0.05) is 20.1 Å². The number of aromatic nitrogens is 4. The summed E-state index contributed by atoms with van der Waals surface area (Å²) in [5.74, 6) is 1.13. The van der Waals surface area contributed by atoms with Crippen molar-refractivity contribution >= 4 is 28.8 Å². The van der Waals surface area contributed by atoms with Crippen LogP contribution in [0.25, 0.3) is 11.0 Å². The Labute approximate surface area is 103 Å². The highest BCUT2D eigenvalue weighted by molar-refractivity contribution is 5.86. The number of hydrogen-bond donors (Lipinski definition) is 5. The minimum atomic E-state index is -0.552. The van der Waals surface area contributed by atoms with Gasteiger partial charge in [-0.2, -0.15) is 15.1 Å². The Morgan fingerprint density at radius 1 is 1.44 bits per heavy atom. The van der Waals surface area contributed by atoms with Crippen molar-refractivity contribution in [2.45, 2.75) is 0 Å². The summed E-state index contributed by atoms with van der Waals surface area (Å²) in [5.41, 5.74) is 5.60. The zero-order valence-corrected chi connectivity index (χ0v) is 9.82. The van der Waals surface area contributed by atoms with Crippen LogP contribution < -0.4 is 21.7 Å². The van der Waals surface area contributed by atoms with Gasteiger partial charge in [0.1, 0.15) is 5.82 Å². The molecule has 2 aromatic rings. The van der Waals surface area contributed by atoms with Crippen LogP contribution in [0.15, 0.2) is 6.20 Å². The Bertz CT molecular complexity index is 550. The molecule has 0 saturated carbocycles. The molecule has 6 N–H and O–H groups in total. The number of nitrogens with zero attached hydrogens (tertiary/aromatic N) is 3. The summed E-state index contributed by atoms with van der Waals surface area (Å²) in [6.07, 6.45) is 1.64. The van der Waals surface area contributed by atoms with E-state index in [4.69, 9.17) is 5.73 Å². The number of hydrogen-bond acceptors (Lipinski definition) is 6. The predicted molar refractivity (Wildman–Crippen MR) is 67.3 cm³/mol. The number of amides is 2. The topological polar surface area (TPSA) is 134 Å². The lowest BCUT2D eigenvalue weighted by Crippen LogP contribution is -2.33. The molecule has 2 rings (SSSR count). The van der Waals surface area contributed by atoms with Crippen molar-refractivity contribution in [1.82, 2.24) is 25.5 Å². The van der Waals surface area contributed by atoms with Crippen LogP contribution in [0.1, 0.15) is 0 Å². The second-order valence-corrected chi connectivity index (χ2v) is 3.50. The molecule has 0 spiro atoms. The highest BCUT2D eigenvalue weighted by atomic mass is 16.2. The van der Waals surface area contributed by atoms with E-state index in [0.29, 0.717) is 30.5 Å². The molecule has 0 aliphatic heterocycles. The van der Waals surface area contributed by atoms with Crippen LogP contribution >= 0.6 is 0 Å². The number of urea groups is 1. The van der Waals surface area contributed by atoms with Crippen molar-refractivity contribution in [3.05, 3.63) is 6.20 Å². The molecule has 96 valence electrons. The molecule has 0 aromatic carbocycles. The van der Waals surface area contributed by atoms with E-state index in [-0.39, 0.29) is 0 Å². The van der Waals surface area contributed by atoms with E-state index in [1.54, 1.807) is 13.2 Å². The molecule has 0 fully saturated rings. The zero-order valence-electron chi connectivity index (χ0n) is 9.82. The van der Waals surface area contributed by atoms with Gasteiger partial charge >= 0.3 is 6.03 Å². The van der Waals surface area contributed by atoms with Gasteiger partial charge in [-0.15, -0.1) is 0 Å². The van der Waals surface area contributed by atoms with Gasteiger partial charge in [0.15, 0.2) is 5.65 Å². The fraction of sp³-hybridized carbons (Fsp3) is 0.333. The van der Waals surface area contributed by atoms with E-state index in [1.165, 1.54) is 0 Å². The van der Waals surface area contributed by atoms with Crippen LogP contribution in [0.5, 0.6) is 0 Å². The Morgan fingerprint density at radius 2 is 2.28 bits per heavy atom. The SMILES string of the molecule is CNc1nc(NCCNC(N)=O)c2cn[nH]c2n1. The molecule has 18 heavy (non-hydrogen) atoms. The molecule has 0 saturated heterocycles. The summed E-state index contributed by atoms with van der Waals surface area (Å²) in [4.78, 5) is 19.0. The first-order chi connectivity index (χ1) is 8.70. The van der Waals surface area contributed by atoms with Gasteiger partial charge in [-0.05, 0) is 0 Å².